The Morgan fingerprint density at radius 3 is 2.44 bits per heavy atom. The summed E-state index contributed by atoms with van der Waals surface area (Å²) in [5.41, 5.74) is 2.17. The molecule has 5 heteroatoms. The lowest BCUT2D eigenvalue weighted by Crippen LogP contribution is -2.05. The summed E-state index contributed by atoms with van der Waals surface area (Å²) in [4.78, 5) is 0.582. The third-order valence-electron chi connectivity index (χ3n) is 2.51. The fourth-order valence-corrected chi connectivity index (χ4v) is 2.84. The number of rotatable bonds is 5. The molecular weight excluding hydrogens is 272 g/mol. The molecule has 1 heterocycles. The lowest BCUT2D eigenvalue weighted by Gasteiger charge is -2.14. The Morgan fingerprint density at radius 2 is 1.89 bits per heavy atom. The minimum atomic E-state index is -2.37. The van der Waals surface area contributed by atoms with Crippen molar-refractivity contribution in [2.24, 2.45) is 0 Å². The molecule has 0 saturated carbocycles. The van der Waals surface area contributed by atoms with Crippen molar-refractivity contribution in [3.63, 3.8) is 0 Å². The zero-order valence-electron chi connectivity index (χ0n) is 9.77. The topological polar surface area (TPSA) is 12.0 Å². The molecule has 1 unspecified atom stereocenters. The smallest absolute Gasteiger partial charge is 0.288 e. The highest BCUT2D eigenvalue weighted by atomic mass is 32.2. The Kier molecular flexibility index (Phi) is 4.60. The molecule has 1 aromatic heterocycles. The highest BCUT2D eigenvalue weighted by molar-refractivity contribution is 7.99. The Hall–Kier alpha value is -1.07. The lowest BCUT2D eigenvalue weighted by molar-refractivity contribution is 0.252. The molecule has 0 fully saturated rings. The Morgan fingerprint density at radius 1 is 1.17 bits per heavy atom. The lowest BCUT2D eigenvalue weighted by atomic mass is 10.2. The van der Waals surface area contributed by atoms with Crippen LogP contribution in [0.5, 0.6) is 0 Å². The number of alkyl halides is 2. The van der Waals surface area contributed by atoms with Gasteiger partial charge in [0.05, 0.1) is 0 Å². The predicted molar refractivity (Wildman–Crippen MR) is 74.7 cm³/mol. The average molecular weight is 285 g/mol. The van der Waals surface area contributed by atoms with Crippen LogP contribution < -0.4 is 5.32 Å². The van der Waals surface area contributed by atoms with Crippen LogP contribution in [0.1, 0.15) is 18.5 Å². The van der Waals surface area contributed by atoms with Gasteiger partial charge in [0.2, 0.25) is 0 Å². The van der Waals surface area contributed by atoms with E-state index >= 15 is 0 Å². The number of nitrogens with one attached hydrogen (secondary N) is 1. The van der Waals surface area contributed by atoms with E-state index in [0.717, 1.165) is 5.69 Å². The monoisotopic (exact) mass is 285 g/mol. The second kappa shape index (κ2) is 6.20. The van der Waals surface area contributed by atoms with E-state index in [1.165, 1.54) is 5.56 Å². The van der Waals surface area contributed by atoms with Gasteiger partial charge in [-0.05, 0) is 53.6 Å². The van der Waals surface area contributed by atoms with Crippen molar-refractivity contribution >= 4 is 28.8 Å². The van der Waals surface area contributed by atoms with Crippen LogP contribution in [0.2, 0.25) is 0 Å². The first-order valence-corrected chi connectivity index (χ1v) is 7.31. The van der Waals surface area contributed by atoms with Crippen LogP contribution in [0.3, 0.4) is 0 Å². The van der Waals surface area contributed by atoms with Crippen molar-refractivity contribution < 1.29 is 8.78 Å². The molecule has 2 aromatic rings. The summed E-state index contributed by atoms with van der Waals surface area (Å²) >= 11 is 2.23. The third kappa shape index (κ3) is 3.71. The summed E-state index contributed by atoms with van der Waals surface area (Å²) in [6, 6.07) is 9.36. The van der Waals surface area contributed by atoms with Crippen molar-refractivity contribution in [2.45, 2.75) is 23.6 Å². The van der Waals surface area contributed by atoms with E-state index in [0.29, 0.717) is 16.7 Å². The molecule has 0 aliphatic rings. The number of benzene rings is 1. The Labute approximate surface area is 113 Å². The maximum Gasteiger partial charge on any atom is 0.288 e. The molecule has 1 aromatic carbocycles. The van der Waals surface area contributed by atoms with Crippen molar-refractivity contribution in [3.8, 4) is 0 Å². The molecule has 18 heavy (non-hydrogen) atoms. The number of hydrogen-bond acceptors (Lipinski definition) is 3. The summed E-state index contributed by atoms with van der Waals surface area (Å²) in [7, 11) is 0. The fourth-order valence-electron chi connectivity index (χ4n) is 1.59. The van der Waals surface area contributed by atoms with Crippen molar-refractivity contribution in [2.75, 3.05) is 5.32 Å². The van der Waals surface area contributed by atoms with Gasteiger partial charge in [-0.1, -0.05) is 11.8 Å². The predicted octanol–water partition coefficient (Wildman–Crippen LogP) is 5.24. The molecule has 1 atom stereocenters. The summed E-state index contributed by atoms with van der Waals surface area (Å²) < 4.78 is 24.3. The second-order valence-corrected chi connectivity index (χ2v) is 5.67. The first kappa shape index (κ1) is 13.4. The van der Waals surface area contributed by atoms with Crippen LogP contribution in [0.15, 0.2) is 46.0 Å². The molecule has 0 amide bonds. The number of halogens is 2. The standard InChI is InChI=1S/C13H13F2NS2/c1-9(10-6-7-17-8-10)16-11-2-4-12(5-3-11)18-13(14)15/h2-9,13,16H,1H3. The molecule has 1 N–H and O–H groups in total. The summed E-state index contributed by atoms with van der Waals surface area (Å²) in [5.74, 6) is -2.37. The van der Waals surface area contributed by atoms with E-state index in [1.54, 1.807) is 23.5 Å². The van der Waals surface area contributed by atoms with Crippen LogP contribution in [-0.2, 0) is 0 Å². The zero-order valence-corrected chi connectivity index (χ0v) is 11.4. The summed E-state index contributed by atoms with van der Waals surface area (Å²) in [5, 5.41) is 7.47. The molecule has 2 rings (SSSR count). The molecule has 0 spiro atoms. The molecule has 0 bridgehead atoms. The van der Waals surface area contributed by atoms with Crippen molar-refractivity contribution in [3.05, 3.63) is 46.7 Å². The van der Waals surface area contributed by atoms with Gasteiger partial charge in [-0.3, -0.25) is 0 Å². The quantitative estimate of drug-likeness (QED) is 0.754. The van der Waals surface area contributed by atoms with E-state index in [-0.39, 0.29) is 6.04 Å². The SMILES string of the molecule is CC(Nc1ccc(SC(F)F)cc1)c1ccsc1. The third-order valence-corrected chi connectivity index (χ3v) is 3.93. The van der Waals surface area contributed by atoms with E-state index in [4.69, 9.17) is 0 Å². The first-order chi connectivity index (χ1) is 8.65. The van der Waals surface area contributed by atoms with Gasteiger partial charge in [0, 0.05) is 16.6 Å². The number of thiophene rings is 1. The molecule has 0 aliphatic heterocycles. The van der Waals surface area contributed by atoms with Crippen LogP contribution >= 0.6 is 23.1 Å². The minimum absolute atomic E-state index is 0.213. The maximum atomic E-state index is 12.2. The Bertz CT molecular complexity index is 468. The minimum Gasteiger partial charge on any atom is -0.378 e. The van der Waals surface area contributed by atoms with Crippen LogP contribution in [0.4, 0.5) is 14.5 Å². The average Bonchev–Trinajstić information content (AvgIpc) is 2.84. The first-order valence-electron chi connectivity index (χ1n) is 5.48. The van der Waals surface area contributed by atoms with Crippen molar-refractivity contribution in [1.29, 1.82) is 0 Å². The van der Waals surface area contributed by atoms with Crippen LogP contribution in [0.25, 0.3) is 0 Å². The second-order valence-electron chi connectivity index (χ2n) is 3.83. The van der Waals surface area contributed by atoms with Gasteiger partial charge in [0.15, 0.2) is 0 Å². The van der Waals surface area contributed by atoms with Gasteiger partial charge >= 0.3 is 0 Å². The summed E-state index contributed by atoms with van der Waals surface area (Å²) in [6.45, 7) is 2.07. The fraction of sp³-hybridized carbons (Fsp3) is 0.231. The van der Waals surface area contributed by atoms with Gasteiger partial charge in [-0.15, -0.1) is 0 Å². The van der Waals surface area contributed by atoms with Gasteiger partial charge in [-0.2, -0.15) is 20.1 Å². The Balaban J connectivity index is 1.98. The van der Waals surface area contributed by atoms with Crippen LogP contribution in [0, 0.1) is 0 Å². The molecule has 0 aliphatic carbocycles. The largest absolute Gasteiger partial charge is 0.378 e. The van der Waals surface area contributed by atoms with E-state index < -0.39 is 5.76 Å². The van der Waals surface area contributed by atoms with E-state index in [2.05, 4.69) is 23.7 Å². The highest BCUT2D eigenvalue weighted by Crippen LogP contribution is 2.27. The van der Waals surface area contributed by atoms with Gasteiger partial charge in [0.1, 0.15) is 0 Å². The highest BCUT2D eigenvalue weighted by Gasteiger charge is 2.07. The number of anilines is 1. The number of hydrogen-bond donors (Lipinski definition) is 1. The normalized spacial score (nSPS) is 12.7. The van der Waals surface area contributed by atoms with E-state index in [1.807, 2.05) is 17.5 Å². The maximum absolute atomic E-state index is 12.2. The van der Waals surface area contributed by atoms with Gasteiger partial charge in [0.25, 0.3) is 5.76 Å². The molecule has 1 nitrogen and oxygen atoms in total. The molecule has 0 radical (unpaired) electrons. The van der Waals surface area contributed by atoms with Crippen LogP contribution in [-0.4, -0.2) is 5.76 Å². The van der Waals surface area contributed by atoms with Gasteiger partial charge < -0.3 is 5.32 Å². The molecular formula is C13H13F2NS2. The molecule has 0 saturated heterocycles. The van der Waals surface area contributed by atoms with Crippen molar-refractivity contribution in [1.82, 2.24) is 0 Å². The van der Waals surface area contributed by atoms with E-state index in [9.17, 15) is 8.78 Å². The van der Waals surface area contributed by atoms with Gasteiger partial charge in [-0.25, -0.2) is 0 Å². The number of thioether (sulfide) groups is 1. The zero-order chi connectivity index (χ0) is 13.0. The summed E-state index contributed by atoms with van der Waals surface area (Å²) in [6.07, 6.45) is 0. The molecule has 96 valence electrons.